The molecule has 0 saturated carbocycles. The standard InChI is InChI=1S/C23H34N6O4S/c1-32-14-5-10-27(17-19-7-4-15-33-19)13-9-24-21(31)18-6-2-11-28(16-18)22-25-26-23(34-22)29-12-3-8-20(29)30/h4,7,15,18H,2-3,5-6,8-14,16-17H2,1H3,(H,24,31)/t18-/m0/s1. The molecule has 10 nitrogen and oxygen atoms in total. The first kappa shape index (κ1) is 24.6. The zero-order valence-electron chi connectivity index (χ0n) is 19.8. The van der Waals surface area contributed by atoms with Gasteiger partial charge in [0.1, 0.15) is 5.76 Å². The van der Waals surface area contributed by atoms with Crippen LogP contribution >= 0.6 is 11.3 Å². The fourth-order valence-electron chi connectivity index (χ4n) is 4.47. The maximum Gasteiger partial charge on any atom is 0.228 e. The van der Waals surface area contributed by atoms with Crippen molar-refractivity contribution in [2.24, 2.45) is 5.92 Å². The molecule has 2 aliphatic rings. The Kier molecular flexibility index (Phi) is 8.89. The molecule has 0 aromatic carbocycles. The number of nitrogens with one attached hydrogen (secondary N) is 1. The number of piperidine rings is 1. The molecule has 2 aromatic heterocycles. The van der Waals surface area contributed by atoms with Gasteiger partial charge in [0, 0.05) is 59.4 Å². The Bertz CT molecular complexity index is 920. The first-order valence-electron chi connectivity index (χ1n) is 12.0. The lowest BCUT2D eigenvalue weighted by Crippen LogP contribution is -2.44. The van der Waals surface area contributed by atoms with E-state index in [1.54, 1.807) is 18.3 Å². The number of amides is 2. The average molecular weight is 491 g/mol. The van der Waals surface area contributed by atoms with Crippen LogP contribution in [0, 0.1) is 5.92 Å². The smallest absolute Gasteiger partial charge is 0.228 e. The van der Waals surface area contributed by atoms with E-state index in [4.69, 9.17) is 9.15 Å². The fourth-order valence-corrected chi connectivity index (χ4v) is 5.39. The lowest BCUT2D eigenvalue weighted by molar-refractivity contribution is -0.125. The number of carbonyl (C=O) groups excluding carboxylic acids is 2. The molecule has 186 valence electrons. The van der Waals surface area contributed by atoms with Gasteiger partial charge in [-0.2, -0.15) is 0 Å². The zero-order chi connectivity index (χ0) is 23.8. The minimum atomic E-state index is -0.0819. The van der Waals surface area contributed by atoms with Crippen LogP contribution in [0.4, 0.5) is 10.3 Å². The molecule has 2 saturated heterocycles. The van der Waals surface area contributed by atoms with Crippen molar-refractivity contribution in [3.63, 3.8) is 0 Å². The SMILES string of the molecule is COCCCN(CCNC(=O)[C@H]1CCCN(c2nnc(N3CCCC3=O)s2)C1)Cc1ccco1. The summed E-state index contributed by atoms with van der Waals surface area (Å²) < 4.78 is 10.7. The second-order valence-corrected chi connectivity index (χ2v) is 9.73. The second kappa shape index (κ2) is 12.3. The van der Waals surface area contributed by atoms with Gasteiger partial charge in [-0.1, -0.05) is 11.3 Å². The van der Waals surface area contributed by atoms with E-state index in [-0.39, 0.29) is 17.7 Å². The quantitative estimate of drug-likeness (QED) is 0.451. The number of hydrogen-bond donors (Lipinski definition) is 1. The Hall–Kier alpha value is -2.50. The molecule has 2 amide bonds. The summed E-state index contributed by atoms with van der Waals surface area (Å²) in [5.74, 6) is 1.03. The second-order valence-electron chi connectivity index (χ2n) is 8.79. The lowest BCUT2D eigenvalue weighted by atomic mass is 9.97. The normalized spacial score (nSPS) is 18.8. The van der Waals surface area contributed by atoms with Crippen molar-refractivity contribution in [2.45, 2.75) is 38.6 Å². The van der Waals surface area contributed by atoms with E-state index in [2.05, 4.69) is 25.3 Å². The van der Waals surface area contributed by atoms with E-state index in [9.17, 15) is 9.59 Å². The summed E-state index contributed by atoms with van der Waals surface area (Å²) in [7, 11) is 1.71. The van der Waals surface area contributed by atoms with Crippen molar-refractivity contribution in [2.75, 3.05) is 62.8 Å². The van der Waals surface area contributed by atoms with Gasteiger partial charge >= 0.3 is 0 Å². The van der Waals surface area contributed by atoms with Crippen molar-refractivity contribution in [3.05, 3.63) is 24.2 Å². The Balaban J connectivity index is 1.25. The van der Waals surface area contributed by atoms with E-state index in [1.165, 1.54) is 11.3 Å². The van der Waals surface area contributed by atoms with Gasteiger partial charge in [0.15, 0.2) is 0 Å². The summed E-state index contributed by atoms with van der Waals surface area (Å²) in [6, 6.07) is 3.86. The maximum absolute atomic E-state index is 12.9. The molecule has 0 radical (unpaired) electrons. The highest BCUT2D eigenvalue weighted by atomic mass is 32.1. The van der Waals surface area contributed by atoms with Crippen LogP contribution in [0.1, 0.15) is 37.9 Å². The van der Waals surface area contributed by atoms with Gasteiger partial charge in [0.2, 0.25) is 22.1 Å². The van der Waals surface area contributed by atoms with Crippen LogP contribution in [0.2, 0.25) is 0 Å². The Morgan fingerprint density at radius 2 is 2.18 bits per heavy atom. The fraction of sp³-hybridized carbons (Fsp3) is 0.652. The summed E-state index contributed by atoms with van der Waals surface area (Å²) in [5.41, 5.74) is 0. The molecule has 2 aliphatic heterocycles. The van der Waals surface area contributed by atoms with Crippen LogP contribution in [0.25, 0.3) is 0 Å². The first-order valence-corrected chi connectivity index (χ1v) is 12.9. The Morgan fingerprint density at radius 1 is 1.29 bits per heavy atom. The van der Waals surface area contributed by atoms with Crippen LogP contribution in [-0.4, -0.2) is 79.9 Å². The molecule has 2 fully saturated rings. The number of anilines is 2. The van der Waals surface area contributed by atoms with Crippen LogP contribution in [0.15, 0.2) is 22.8 Å². The predicted octanol–water partition coefficient (Wildman–Crippen LogP) is 2.13. The third-order valence-corrected chi connectivity index (χ3v) is 7.29. The van der Waals surface area contributed by atoms with E-state index < -0.39 is 0 Å². The van der Waals surface area contributed by atoms with Crippen molar-refractivity contribution in [3.8, 4) is 0 Å². The zero-order valence-corrected chi connectivity index (χ0v) is 20.6. The highest BCUT2D eigenvalue weighted by Crippen LogP contribution is 2.32. The van der Waals surface area contributed by atoms with E-state index >= 15 is 0 Å². The van der Waals surface area contributed by atoms with Crippen molar-refractivity contribution >= 4 is 33.4 Å². The number of nitrogens with zero attached hydrogens (tertiary/aromatic N) is 5. The molecule has 34 heavy (non-hydrogen) atoms. The molecule has 0 spiro atoms. The van der Waals surface area contributed by atoms with Gasteiger partial charge in [-0.05, 0) is 37.8 Å². The Labute approximate surface area is 204 Å². The van der Waals surface area contributed by atoms with Crippen LogP contribution in [0.3, 0.4) is 0 Å². The van der Waals surface area contributed by atoms with Gasteiger partial charge in [0.05, 0.1) is 18.7 Å². The van der Waals surface area contributed by atoms with Gasteiger partial charge in [-0.25, -0.2) is 0 Å². The number of furan rings is 1. The summed E-state index contributed by atoms with van der Waals surface area (Å²) in [5, 5.41) is 13.1. The minimum absolute atomic E-state index is 0.0819. The van der Waals surface area contributed by atoms with Gasteiger partial charge in [-0.15, -0.1) is 10.2 Å². The predicted molar refractivity (Wildman–Crippen MR) is 130 cm³/mol. The molecule has 4 heterocycles. The highest BCUT2D eigenvalue weighted by Gasteiger charge is 2.30. The molecular formula is C23H34N6O4S. The third-order valence-electron chi connectivity index (χ3n) is 6.28. The maximum atomic E-state index is 12.9. The largest absolute Gasteiger partial charge is 0.468 e. The van der Waals surface area contributed by atoms with Crippen LogP contribution < -0.4 is 15.1 Å². The molecule has 0 aliphatic carbocycles. The van der Waals surface area contributed by atoms with E-state index in [0.29, 0.717) is 44.3 Å². The molecule has 4 rings (SSSR count). The minimum Gasteiger partial charge on any atom is -0.468 e. The average Bonchev–Trinajstić information content (AvgIpc) is 3.61. The summed E-state index contributed by atoms with van der Waals surface area (Å²) >= 11 is 1.44. The van der Waals surface area contributed by atoms with Crippen molar-refractivity contribution < 1.29 is 18.7 Å². The molecule has 0 unspecified atom stereocenters. The monoisotopic (exact) mass is 490 g/mol. The summed E-state index contributed by atoms with van der Waals surface area (Å²) in [6.07, 6.45) is 5.84. The molecule has 0 bridgehead atoms. The number of ether oxygens (including phenoxy) is 1. The number of aromatic nitrogens is 2. The van der Waals surface area contributed by atoms with Gasteiger partial charge in [-0.3, -0.25) is 19.4 Å². The van der Waals surface area contributed by atoms with Crippen LogP contribution in [0.5, 0.6) is 0 Å². The molecule has 1 N–H and O–H groups in total. The molecular weight excluding hydrogens is 456 g/mol. The summed E-state index contributed by atoms with van der Waals surface area (Å²) in [6.45, 7) is 5.81. The van der Waals surface area contributed by atoms with E-state index in [1.807, 2.05) is 12.1 Å². The summed E-state index contributed by atoms with van der Waals surface area (Å²) in [4.78, 5) is 31.0. The van der Waals surface area contributed by atoms with Gasteiger partial charge < -0.3 is 19.4 Å². The highest BCUT2D eigenvalue weighted by molar-refractivity contribution is 7.19. The Morgan fingerprint density at radius 3 is 2.94 bits per heavy atom. The van der Waals surface area contributed by atoms with Crippen molar-refractivity contribution in [1.29, 1.82) is 0 Å². The van der Waals surface area contributed by atoms with Crippen LogP contribution in [-0.2, 0) is 20.9 Å². The van der Waals surface area contributed by atoms with Crippen molar-refractivity contribution in [1.82, 2.24) is 20.4 Å². The van der Waals surface area contributed by atoms with E-state index in [0.717, 1.165) is 56.2 Å². The number of carbonyl (C=O) groups is 2. The van der Waals surface area contributed by atoms with Gasteiger partial charge in [0.25, 0.3) is 0 Å². The molecule has 11 heteroatoms. The first-order chi connectivity index (χ1) is 16.6. The lowest BCUT2D eigenvalue weighted by Gasteiger charge is -2.31. The topological polar surface area (TPSA) is 104 Å². The third kappa shape index (κ3) is 6.55. The number of hydrogen-bond acceptors (Lipinski definition) is 9. The number of rotatable bonds is 12. The molecule has 2 aromatic rings. The molecule has 1 atom stereocenters. The number of methoxy groups -OCH3 is 1.